The Kier molecular flexibility index (Phi) is 4.89. The molecule has 2 atom stereocenters. The molecule has 1 heterocycles. The second kappa shape index (κ2) is 5.96. The standard InChI is InChI=1S/C11H22N4O/c1-4-15-11(13-7-14-15)5-10(16)9(6-12)8(2)3/h7-10,16H,4-6,12H2,1-3H3. The van der Waals surface area contributed by atoms with Crippen molar-refractivity contribution in [1.29, 1.82) is 0 Å². The van der Waals surface area contributed by atoms with E-state index in [9.17, 15) is 5.11 Å². The van der Waals surface area contributed by atoms with E-state index in [2.05, 4.69) is 23.9 Å². The molecule has 0 fully saturated rings. The third-order valence-electron chi connectivity index (χ3n) is 3.01. The number of nitrogens with zero attached hydrogens (tertiary/aromatic N) is 3. The first-order chi connectivity index (χ1) is 7.60. The Labute approximate surface area is 96.7 Å². The van der Waals surface area contributed by atoms with Gasteiger partial charge in [0, 0.05) is 13.0 Å². The molecule has 92 valence electrons. The van der Waals surface area contributed by atoms with Crippen molar-refractivity contribution in [2.24, 2.45) is 17.6 Å². The van der Waals surface area contributed by atoms with Gasteiger partial charge in [-0.3, -0.25) is 4.68 Å². The number of aryl methyl sites for hydroxylation is 1. The highest BCUT2D eigenvalue weighted by molar-refractivity contribution is 4.90. The number of aliphatic hydroxyl groups is 1. The monoisotopic (exact) mass is 226 g/mol. The molecule has 1 aromatic rings. The van der Waals surface area contributed by atoms with Crippen molar-refractivity contribution in [2.45, 2.75) is 39.8 Å². The zero-order valence-electron chi connectivity index (χ0n) is 10.3. The van der Waals surface area contributed by atoms with Gasteiger partial charge < -0.3 is 10.8 Å². The van der Waals surface area contributed by atoms with Gasteiger partial charge in [0.2, 0.25) is 0 Å². The number of aliphatic hydroxyl groups excluding tert-OH is 1. The number of nitrogens with two attached hydrogens (primary N) is 1. The number of aromatic nitrogens is 3. The van der Waals surface area contributed by atoms with Crippen molar-refractivity contribution in [3.05, 3.63) is 12.2 Å². The van der Waals surface area contributed by atoms with E-state index in [0.717, 1.165) is 12.4 Å². The maximum absolute atomic E-state index is 10.1. The Morgan fingerprint density at radius 2 is 2.19 bits per heavy atom. The van der Waals surface area contributed by atoms with Crippen molar-refractivity contribution in [2.75, 3.05) is 6.54 Å². The highest BCUT2D eigenvalue weighted by Gasteiger charge is 2.23. The summed E-state index contributed by atoms with van der Waals surface area (Å²) in [6.45, 7) is 7.43. The SMILES string of the molecule is CCn1ncnc1CC(O)C(CN)C(C)C. The van der Waals surface area contributed by atoms with E-state index >= 15 is 0 Å². The predicted octanol–water partition coefficient (Wildman–Crippen LogP) is 0.432. The zero-order valence-corrected chi connectivity index (χ0v) is 10.3. The lowest BCUT2D eigenvalue weighted by Gasteiger charge is -2.24. The molecule has 0 aromatic carbocycles. The Morgan fingerprint density at radius 1 is 1.50 bits per heavy atom. The molecule has 0 radical (unpaired) electrons. The van der Waals surface area contributed by atoms with Crippen LogP contribution in [0.25, 0.3) is 0 Å². The fourth-order valence-corrected chi connectivity index (χ4v) is 1.92. The summed E-state index contributed by atoms with van der Waals surface area (Å²) in [6.07, 6.45) is 1.60. The van der Waals surface area contributed by atoms with Crippen molar-refractivity contribution in [1.82, 2.24) is 14.8 Å². The Hall–Kier alpha value is -0.940. The largest absolute Gasteiger partial charge is 0.392 e. The van der Waals surface area contributed by atoms with Crippen LogP contribution in [0.5, 0.6) is 0 Å². The van der Waals surface area contributed by atoms with Crippen molar-refractivity contribution >= 4 is 0 Å². The van der Waals surface area contributed by atoms with Crippen LogP contribution in [0.3, 0.4) is 0 Å². The topological polar surface area (TPSA) is 77.0 Å². The predicted molar refractivity (Wildman–Crippen MR) is 62.8 cm³/mol. The van der Waals surface area contributed by atoms with E-state index in [1.54, 1.807) is 4.68 Å². The van der Waals surface area contributed by atoms with E-state index in [1.807, 2.05) is 6.92 Å². The van der Waals surface area contributed by atoms with Crippen LogP contribution in [-0.4, -0.2) is 32.5 Å². The summed E-state index contributed by atoms with van der Waals surface area (Å²) in [5.74, 6) is 1.31. The van der Waals surface area contributed by atoms with E-state index in [4.69, 9.17) is 5.73 Å². The van der Waals surface area contributed by atoms with Crippen LogP contribution in [0, 0.1) is 11.8 Å². The van der Waals surface area contributed by atoms with Crippen molar-refractivity contribution < 1.29 is 5.11 Å². The molecule has 3 N–H and O–H groups in total. The van der Waals surface area contributed by atoms with E-state index in [-0.39, 0.29) is 5.92 Å². The normalized spacial score (nSPS) is 15.4. The van der Waals surface area contributed by atoms with Gasteiger partial charge in [-0.25, -0.2) is 4.98 Å². The first-order valence-electron chi connectivity index (χ1n) is 5.84. The molecule has 0 aliphatic carbocycles. The van der Waals surface area contributed by atoms with Crippen LogP contribution in [-0.2, 0) is 13.0 Å². The van der Waals surface area contributed by atoms with Gasteiger partial charge in [0.1, 0.15) is 12.2 Å². The van der Waals surface area contributed by atoms with Crippen LogP contribution in [0.2, 0.25) is 0 Å². The smallest absolute Gasteiger partial charge is 0.138 e. The lowest BCUT2D eigenvalue weighted by molar-refractivity contribution is 0.0835. The molecule has 1 rings (SSSR count). The van der Waals surface area contributed by atoms with Gasteiger partial charge in [-0.1, -0.05) is 13.8 Å². The van der Waals surface area contributed by atoms with Crippen LogP contribution in [0.1, 0.15) is 26.6 Å². The third-order valence-corrected chi connectivity index (χ3v) is 3.01. The first kappa shape index (κ1) is 13.1. The molecule has 0 amide bonds. The summed E-state index contributed by atoms with van der Waals surface area (Å²) >= 11 is 0. The molecule has 2 unspecified atom stereocenters. The van der Waals surface area contributed by atoms with Gasteiger partial charge in [0.05, 0.1) is 6.10 Å². The lowest BCUT2D eigenvalue weighted by atomic mass is 9.88. The second-order valence-electron chi connectivity index (χ2n) is 4.41. The van der Waals surface area contributed by atoms with Crippen molar-refractivity contribution in [3.63, 3.8) is 0 Å². The highest BCUT2D eigenvalue weighted by Crippen LogP contribution is 2.16. The van der Waals surface area contributed by atoms with Crippen LogP contribution >= 0.6 is 0 Å². The quantitative estimate of drug-likeness (QED) is 0.737. The Balaban J connectivity index is 2.66. The minimum Gasteiger partial charge on any atom is -0.392 e. The number of hydrogen-bond donors (Lipinski definition) is 2. The summed E-state index contributed by atoms with van der Waals surface area (Å²) < 4.78 is 1.80. The van der Waals surface area contributed by atoms with Crippen molar-refractivity contribution in [3.8, 4) is 0 Å². The molecule has 0 saturated carbocycles. The molecule has 1 aromatic heterocycles. The molecule has 5 heteroatoms. The van der Waals surface area contributed by atoms with Crippen LogP contribution in [0.4, 0.5) is 0 Å². The molecule has 16 heavy (non-hydrogen) atoms. The van der Waals surface area contributed by atoms with Crippen LogP contribution < -0.4 is 5.73 Å². The third kappa shape index (κ3) is 3.02. The summed E-state index contributed by atoms with van der Waals surface area (Å²) in [5.41, 5.74) is 5.67. The van der Waals surface area contributed by atoms with Crippen LogP contribution in [0.15, 0.2) is 6.33 Å². The van der Waals surface area contributed by atoms with E-state index in [0.29, 0.717) is 18.9 Å². The van der Waals surface area contributed by atoms with Gasteiger partial charge in [-0.15, -0.1) is 0 Å². The summed E-state index contributed by atoms with van der Waals surface area (Å²) in [7, 11) is 0. The molecule has 0 aliphatic rings. The van der Waals surface area contributed by atoms with Gasteiger partial charge in [-0.2, -0.15) is 5.10 Å². The fourth-order valence-electron chi connectivity index (χ4n) is 1.92. The second-order valence-corrected chi connectivity index (χ2v) is 4.41. The van der Waals surface area contributed by atoms with E-state index in [1.165, 1.54) is 6.33 Å². The number of rotatable bonds is 6. The zero-order chi connectivity index (χ0) is 12.1. The molecule has 0 spiro atoms. The Morgan fingerprint density at radius 3 is 2.69 bits per heavy atom. The maximum Gasteiger partial charge on any atom is 0.138 e. The van der Waals surface area contributed by atoms with Gasteiger partial charge in [0.25, 0.3) is 0 Å². The Bertz CT molecular complexity index is 311. The maximum atomic E-state index is 10.1. The van der Waals surface area contributed by atoms with Gasteiger partial charge in [0.15, 0.2) is 0 Å². The molecular formula is C11H22N4O. The molecule has 0 aliphatic heterocycles. The summed E-state index contributed by atoms with van der Waals surface area (Å²) in [5, 5.41) is 14.2. The average molecular weight is 226 g/mol. The van der Waals surface area contributed by atoms with Gasteiger partial charge >= 0.3 is 0 Å². The first-order valence-corrected chi connectivity index (χ1v) is 5.84. The van der Waals surface area contributed by atoms with Gasteiger partial charge in [-0.05, 0) is 25.3 Å². The minimum absolute atomic E-state index is 0.113. The minimum atomic E-state index is -0.445. The fraction of sp³-hybridized carbons (Fsp3) is 0.818. The van der Waals surface area contributed by atoms with E-state index < -0.39 is 6.10 Å². The molecule has 0 bridgehead atoms. The molecule has 0 saturated heterocycles. The molecule has 5 nitrogen and oxygen atoms in total. The summed E-state index contributed by atoms with van der Waals surface area (Å²) in [6, 6.07) is 0. The highest BCUT2D eigenvalue weighted by atomic mass is 16.3. The number of hydrogen-bond acceptors (Lipinski definition) is 4. The lowest BCUT2D eigenvalue weighted by Crippen LogP contribution is -2.34. The average Bonchev–Trinajstić information content (AvgIpc) is 2.65. The molecular weight excluding hydrogens is 204 g/mol. The summed E-state index contributed by atoms with van der Waals surface area (Å²) in [4.78, 5) is 4.15.